The molecular formula is C14H15NO2S. The zero-order valence-electron chi connectivity index (χ0n) is 10.3. The van der Waals surface area contributed by atoms with Crippen LogP contribution in [0.5, 0.6) is 5.75 Å². The van der Waals surface area contributed by atoms with E-state index in [4.69, 9.17) is 4.74 Å². The molecule has 0 aliphatic heterocycles. The number of thiophene rings is 1. The first-order chi connectivity index (χ1) is 8.70. The Bertz CT molecular complexity index is 505. The van der Waals surface area contributed by atoms with Crippen molar-refractivity contribution in [1.29, 1.82) is 0 Å². The molecule has 0 radical (unpaired) electrons. The molecular weight excluding hydrogens is 246 g/mol. The van der Waals surface area contributed by atoms with Crippen molar-refractivity contribution < 1.29 is 9.53 Å². The quantitative estimate of drug-likeness (QED) is 0.917. The molecule has 1 aromatic carbocycles. The van der Waals surface area contributed by atoms with E-state index in [1.54, 1.807) is 7.11 Å². The third-order valence-electron chi connectivity index (χ3n) is 2.71. The highest BCUT2D eigenvalue weighted by Gasteiger charge is 2.11. The standard InChI is InChI=1S/C14H15NO2S/c1-10(11-5-7-12(17-2)8-6-11)15-14(16)13-4-3-9-18-13/h3-10H,1-2H3,(H,15,16)/t10-/m1/s1. The highest BCUT2D eigenvalue weighted by Crippen LogP contribution is 2.18. The number of benzene rings is 1. The SMILES string of the molecule is COc1ccc([C@@H](C)NC(=O)c2cccs2)cc1. The van der Waals surface area contributed by atoms with E-state index in [0.29, 0.717) is 0 Å². The molecule has 1 heterocycles. The first kappa shape index (κ1) is 12.6. The topological polar surface area (TPSA) is 38.3 Å². The fraction of sp³-hybridized carbons (Fsp3) is 0.214. The van der Waals surface area contributed by atoms with Gasteiger partial charge in [0.2, 0.25) is 0 Å². The lowest BCUT2D eigenvalue weighted by molar-refractivity contribution is 0.0944. The van der Waals surface area contributed by atoms with Crippen molar-refractivity contribution in [2.24, 2.45) is 0 Å². The lowest BCUT2D eigenvalue weighted by atomic mass is 10.1. The summed E-state index contributed by atoms with van der Waals surface area (Å²) in [7, 11) is 1.64. The van der Waals surface area contributed by atoms with Crippen LogP contribution in [0, 0.1) is 0 Å². The number of methoxy groups -OCH3 is 1. The number of carbonyl (C=O) groups is 1. The largest absolute Gasteiger partial charge is 0.497 e. The average Bonchev–Trinajstić information content (AvgIpc) is 2.92. The van der Waals surface area contributed by atoms with E-state index in [9.17, 15) is 4.79 Å². The van der Waals surface area contributed by atoms with Crippen LogP contribution in [0.3, 0.4) is 0 Å². The summed E-state index contributed by atoms with van der Waals surface area (Å²) >= 11 is 1.44. The first-order valence-corrected chi connectivity index (χ1v) is 6.57. The summed E-state index contributed by atoms with van der Waals surface area (Å²) < 4.78 is 5.10. The Labute approximate surface area is 110 Å². The van der Waals surface area contributed by atoms with E-state index in [1.165, 1.54) is 11.3 Å². The van der Waals surface area contributed by atoms with Crippen LogP contribution in [-0.2, 0) is 0 Å². The Morgan fingerprint density at radius 2 is 2.00 bits per heavy atom. The van der Waals surface area contributed by atoms with Gasteiger partial charge in [0.1, 0.15) is 5.75 Å². The van der Waals surface area contributed by atoms with Crippen molar-refractivity contribution in [3.8, 4) is 5.75 Å². The van der Waals surface area contributed by atoms with E-state index in [1.807, 2.05) is 48.7 Å². The van der Waals surface area contributed by atoms with Gasteiger partial charge in [-0.3, -0.25) is 4.79 Å². The van der Waals surface area contributed by atoms with Gasteiger partial charge in [-0.1, -0.05) is 18.2 Å². The molecule has 1 aromatic heterocycles. The van der Waals surface area contributed by atoms with E-state index in [0.717, 1.165) is 16.2 Å². The zero-order chi connectivity index (χ0) is 13.0. The fourth-order valence-corrected chi connectivity index (χ4v) is 2.28. The maximum Gasteiger partial charge on any atom is 0.261 e. The maximum absolute atomic E-state index is 11.9. The lowest BCUT2D eigenvalue weighted by Gasteiger charge is -2.14. The molecule has 0 unspecified atom stereocenters. The molecule has 0 spiro atoms. The van der Waals surface area contributed by atoms with Gasteiger partial charge >= 0.3 is 0 Å². The van der Waals surface area contributed by atoms with Crippen LogP contribution < -0.4 is 10.1 Å². The summed E-state index contributed by atoms with van der Waals surface area (Å²) in [6, 6.07) is 11.4. The molecule has 2 aromatic rings. The van der Waals surface area contributed by atoms with Crippen LogP contribution in [-0.4, -0.2) is 13.0 Å². The number of rotatable bonds is 4. The molecule has 0 saturated heterocycles. The molecule has 1 atom stereocenters. The normalized spacial score (nSPS) is 11.9. The van der Waals surface area contributed by atoms with Gasteiger partial charge in [0.25, 0.3) is 5.91 Å². The Kier molecular flexibility index (Phi) is 3.99. The van der Waals surface area contributed by atoms with Gasteiger partial charge in [-0.25, -0.2) is 0 Å². The van der Waals surface area contributed by atoms with E-state index < -0.39 is 0 Å². The average molecular weight is 261 g/mol. The van der Waals surface area contributed by atoms with Gasteiger partial charge < -0.3 is 10.1 Å². The second-order valence-electron chi connectivity index (χ2n) is 3.95. The summed E-state index contributed by atoms with van der Waals surface area (Å²) in [4.78, 5) is 12.6. The van der Waals surface area contributed by atoms with Gasteiger partial charge in [-0.05, 0) is 36.1 Å². The summed E-state index contributed by atoms with van der Waals surface area (Å²) in [5, 5.41) is 4.86. The van der Waals surface area contributed by atoms with Crippen molar-refractivity contribution in [2.45, 2.75) is 13.0 Å². The smallest absolute Gasteiger partial charge is 0.261 e. The summed E-state index contributed by atoms with van der Waals surface area (Å²) in [6.45, 7) is 1.97. The third kappa shape index (κ3) is 2.90. The monoisotopic (exact) mass is 261 g/mol. The lowest BCUT2D eigenvalue weighted by Crippen LogP contribution is -2.25. The molecule has 0 fully saturated rings. The minimum Gasteiger partial charge on any atom is -0.497 e. The van der Waals surface area contributed by atoms with Crippen molar-refractivity contribution in [1.82, 2.24) is 5.32 Å². The molecule has 2 rings (SSSR count). The second-order valence-corrected chi connectivity index (χ2v) is 4.89. The van der Waals surface area contributed by atoms with Crippen LogP contribution in [0.15, 0.2) is 41.8 Å². The highest BCUT2D eigenvalue weighted by molar-refractivity contribution is 7.12. The van der Waals surface area contributed by atoms with Crippen LogP contribution >= 0.6 is 11.3 Å². The number of carbonyl (C=O) groups excluding carboxylic acids is 1. The van der Waals surface area contributed by atoms with Crippen molar-refractivity contribution in [3.05, 3.63) is 52.2 Å². The van der Waals surface area contributed by atoms with E-state index in [-0.39, 0.29) is 11.9 Å². The Morgan fingerprint density at radius 3 is 2.56 bits per heavy atom. The second kappa shape index (κ2) is 5.69. The minimum absolute atomic E-state index is 0.0227. The minimum atomic E-state index is -0.0340. The predicted molar refractivity (Wildman–Crippen MR) is 73.2 cm³/mol. The molecule has 18 heavy (non-hydrogen) atoms. The molecule has 1 N–H and O–H groups in total. The molecule has 0 aliphatic carbocycles. The Hall–Kier alpha value is -1.81. The van der Waals surface area contributed by atoms with Crippen LogP contribution in [0.25, 0.3) is 0 Å². The van der Waals surface area contributed by atoms with Gasteiger partial charge in [-0.2, -0.15) is 0 Å². The number of nitrogens with one attached hydrogen (secondary N) is 1. The Balaban J connectivity index is 2.02. The molecule has 4 heteroatoms. The number of hydrogen-bond acceptors (Lipinski definition) is 3. The predicted octanol–water partition coefficient (Wildman–Crippen LogP) is 3.25. The molecule has 0 bridgehead atoms. The number of hydrogen-bond donors (Lipinski definition) is 1. The third-order valence-corrected chi connectivity index (χ3v) is 3.58. The Morgan fingerprint density at radius 1 is 1.28 bits per heavy atom. The summed E-state index contributed by atoms with van der Waals surface area (Å²) in [5.41, 5.74) is 1.06. The molecule has 94 valence electrons. The summed E-state index contributed by atoms with van der Waals surface area (Å²) in [6.07, 6.45) is 0. The van der Waals surface area contributed by atoms with Crippen LogP contribution in [0.4, 0.5) is 0 Å². The highest BCUT2D eigenvalue weighted by atomic mass is 32.1. The van der Waals surface area contributed by atoms with Gasteiger partial charge in [0, 0.05) is 0 Å². The number of amides is 1. The van der Waals surface area contributed by atoms with Crippen molar-refractivity contribution in [2.75, 3.05) is 7.11 Å². The zero-order valence-corrected chi connectivity index (χ0v) is 11.2. The van der Waals surface area contributed by atoms with Crippen LogP contribution in [0.1, 0.15) is 28.2 Å². The fourth-order valence-electron chi connectivity index (χ4n) is 1.65. The van der Waals surface area contributed by atoms with E-state index in [2.05, 4.69) is 5.32 Å². The van der Waals surface area contributed by atoms with Crippen molar-refractivity contribution in [3.63, 3.8) is 0 Å². The van der Waals surface area contributed by atoms with Gasteiger partial charge in [0.05, 0.1) is 18.0 Å². The molecule has 1 amide bonds. The first-order valence-electron chi connectivity index (χ1n) is 5.69. The van der Waals surface area contributed by atoms with Crippen molar-refractivity contribution >= 4 is 17.2 Å². The van der Waals surface area contributed by atoms with Gasteiger partial charge in [-0.15, -0.1) is 11.3 Å². The van der Waals surface area contributed by atoms with Crippen LogP contribution in [0.2, 0.25) is 0 Å². The maximum atomic E-state index is 11.9. The number of ether oxygens (including phenoxy) is 1. The molecule has 3 nitrogen and oxygen atoms in total. The molecule has 0 saturated carbocycles. The summed E-state index contributed by atoms with van der Waals surface area (Å²) in [5.74, 6) is 0.781. The van der Waals surface area contributed by atoms with E-state index >= 15 is 0 Å². The van der Waals surface area contributed by atoms with Gasteiger partial charge in [0.15, 0.2) is 0 Å². The molecule has 0 aliphatic rings.